The smallest absolute Gasteiger partial charge is 0.220 e. The van der Waals surface area contributed by atoms with Crippen molar-refractivity contribution in [3.05, 3.63) is 47.2 Å². The van der Waals surface area contributed by atoms with Crippen LogP contribution in [0.4, 0.5) is 0 Å². The SMILES string of the molecule is COc1nc2c(c(C)nn2-c2ccccc2)c(C)c1CCC(=O)NCCN1CCOCC1. The van der Waals surface area contributed by atoms with Crippen molar-refractivity contribution in [2.75, 3.05) is 46.5 Å². The fourth-order valence-corrected chi connectivity index (χ4v) is 4.25. The first kappa shape index (κ1) is 22.2. The molecule has 3 heterocycles. The lowest BCUT2D eigenvalue weighted by Gasteiger charge is -2.26. The number of hydrogen-bond acceptors (Lipinski definition) is 6. The zero-order chi connectivity index (χ0) is 22.5. The van der Waals surface area contributed by atoms with E-state index in [1.54, 1.807) is 7.11 Å². The third-order valence-corrected chi connectivity index (χ3v) is 5.98. The highest BCUT2D eigenvalue weighted by molar-refractivity contribution is 5.85. The van der Waals surface area contributed by atoms with E-state index < -0.39 is 0 Å². The summed E-state index contributed by atoms with van der Waals surface area (Å²) in [5.74, 6) is 0.588. The second-order valence-corrected chi connectivity index (χ2v) is 8.06. The van der Waals surface area contributed by atoms with Crippen LogP contribution in [0.1, 0.15) is 23.2 Å². The van der Waals surface area contributed by atoms with E-state index in [2.05, 4.69) is 17.1 Å². The molecular formula is C24H31N5O3. The van der Waals surface area contributed by atoms with Gasteiger partial charge < -0.3 is 14.8 Å². The molecule has 1 fully saturated rings. The van der Waals surface area contributed by atoms with Gasteiger partial charge >= 0.3 is 0 Å². The molecule has 0 bridgehead atoms. The van der Waals surface area contributed by atoms with Crippen molar-refractivity contribution in [2.24, 2.45) is 0 Å². The molecular weight excluding hydrogens is 406 g/mol. The highest BCUT2D eigenvalue weighted by Crippen LogP contribution is 2.31. The summed E-state index contributed by atoms with van der Waals surface area (Å²) in [4.78, 5) is 19.5. The van der Waals surface area contributed by atoms with Gasteiger partial charge in [-0.3, -0.25) is 9.69 Å². The fourth-order valence-electron chi connectivity index (χ4n) is 4.25. The number of methoxy groups -OCH3 is 1. The molecule has 1 aliphatic rings. The summed E-state index contributed by atoms with van der Waals surface area (Å²) in [6.45, 7) is 8.93. The molecule has 0 saturated carbocycles. The molecule has 2 aromatic heterocycles. The normalized spacial score (nSPS) is 14.6. The average molecular weight is 438 g/mol. The Morgan fingerprint density at radius 3 is 2.66 bits per heavy atom. The lowest BCUT2D eigenvalue weighted by Crippen LogP contribution is -2.41. The minimum atomic E-state index is 0.0384. The number of ether oxygens (including phenoxy) is 2. The largest absolute Gasteiger partial charge is 0.481 e. The third kappa shape index (κ3) is 4.76. The van der Waals surface area contributed by atoms with Crippen LogP contribution in [0.3, 0.4) is 0 Å². The molecule has 170 valence electrons. The Bertz CT molecular complexity index is 1070. The number of benzene rings is 1. The van der Waals surface area contributed by atoms with E-state index in [0.717, 1.165) is 66.4 Å². The van der Waals surface area contributed by atoms with Crippen LogP contribution >= 0.6 is 0 Å². The molecule has 8 nitrogen and oxygen atoms in total. The Hall–Kier alpha value is -2.97. The van der Waals surface area contributed by atoms with E-state index in [1.165, 1.54) is 0 Å². The molecule has 1 aliphatic heterocycles. The van der Waals surface area contributed by atoms with Gasteiger partial charge in [0.15, 0.2) is 5.65 Å². The first-order valence-electron chi connectivity index (χ1n) is 11.1. The summed E-state index contributed by atoms with van der Waals surface area (Å²) in [5, 5.41) is 8.77. The van der Waals surface area contributed by atoms with Gasteiger partial charge in [0, 0.05) is 43.5 Å². The molecule has 0 radical (unpaired) electrons. The number of carbonyl (C=O) groups excluding carboxylic acids is 1. The number of morpholine rings is 1. The third-order valence-electron chi connectivity index (χ3n) is 5.98. The number of carbonyl (C=O) groups is 1. The fraction of sp³-hybridized carbons (Fsp3) is 0.458. The van der Waals surface area contributed by atoms with Crippen LogP contribution in [0, 0.1) is 13.8 Å². The number of para-hydroxylation sites is 1. The van der Waals surface area contributed by atoms with Gasteiger partial charge in [0.1, 0.15) is 0 Å². The van der Waals surface area contributed by atoms with Crippen LogP contribution in [0.25, 0.3) is 16.7 Å². The first-order valence-corrected chi connectivity index (χ1v) is 11.1. The van der Waals surface area contributed by atoms with Crippen LogP contribution in [0.5, 0.6) is 5.88 Å². The maximum atomic E-state index is 12.5. The second kappa shape index (κ2) is 10.1. The zero-order valence-corrected chi connectivity index (χ0v) is 19.1. The molecule has 1 saturated heterocycles. The summed E-state index contributed by atoms with van der Waals surface area (Å²) in [6.07, 6.45) is 0.955. The van der Waals surface area contributed by atoms with Gasteiger partial charge in [-0.2, -0.15) is 10.1 Å². The molecule has 3 aromatic rings. The summed E-state index contributed by atoms with van der Waals surface area (Å²) in [7, 11) is 1.62. The number of rotatable bonds is 8. The monoisotopic (exact) mass is 437 g/mol. The Kier molecular flexibility index (Phi) is 7.02. The van der Waals surface area contributed by atoms with Crippen LogP contribution in [-0.2, 0) is 16.0 Å². The molecule has 1 amide bonds. The van der Waals surface area contributed by atoms with E-state index in [9.17, 15) is 4.79 Å². The number of aryl methyl sites for hydroxylation is 2. The molecule has 1 N–H and O–H groups in total. The standard InChI is InChI=1S/C24H31N5O3/c1-17-20(9-10-21(30)25-11-12-28-13-15-32-16-14-28)24(31-3)26-23-22(17)18(2)27-29(23)19-7-5-4-6-8-19/h4-8H,9-16H2,1-3H3,(H,25,30). The van der Waals surface area contributed by atoms with E-state index in [-0.39, 0.29) is 5.91 Å². The minimum absolute atomic E-state index is 0.0384. The number of pyridine rings is 1. The highest BCUT2D eigenvalue weighted by Gasteiger charge is 2.20. The van der Waals surface area contributed by atoms with Gasteiger partial charge in [0.2, 0.25) is 11.8 Å². The molecule has 1 aromatic carbocycles. The Morgan fingerprint density at radius 2 is 1.94 bits per heavy atom. The number of aromatic nitrogens is 3. The van der Waals surface area contributed by atoms with Crippen molar-refractivity contribution in [1.82, 2.24) is 25.0 Å². The maximum Gasteiger partial charge on any atom is 0.220 e. The number of amides is 1. The maximum absolute atomic E-state index is 12.5. The van der Waals surface area contributed by atoms with E-state index >= 15 is 0 Å². The number of nitrogens with one attached hydrogen (secondary N) is 1. The van der Waals surface area contributed by atoms with Crippen molar-refractivity contribution in [3.63, 3.8) is 0 Å². The van der Waals surface area contributed by atoms with Gasteiger partial charge in [0.25, 0.3) is 0 Å². The highest BCUT2D eigenvalue weighted by atomic mass is 16.5. The topological polar surface area (TPSA) is 81.5 Å². The quantitative estimate of drug-likeness (QED) is 0.583. The van der Waals surface area contributed by atoms with Crippen molar-refractivity contribution in [2.45, 2.75) is 26.7 Å². The van der Waals surface area contributed by atoms with Crippen LogP contribution < -0.4 is 10.1 Å². The number of fused-ring (bicyclic) bond motifs is 1. The van der Waals surface area contributed by atoms with E-state index in [1.807, 2.05) is 41.9 Å². The zero-order valence-electron chi connectivity index (χ0n) is 19.1. The molecule has 0 atom stereocenters. The molecule has 0 spiro atoms. The Balaban J connectivity index is 1.48. The Labute approximate surface area is 188 Å². The average Bonchev–Trinajstić information content (AvgIpc) is 3.16. The summed E-state index contributed by atoms with van der Waals surface area (Å²) < 4.78 is 12.8. The lowest BCUT2D eigenvalue weighted by atomic mass is 10.0. The van der Waals surface area contributed by atoms with Gasteiger partial charge in [-0.05, 0) is 38.0 Å². The molecule has 0 unspecified atom stereocenters. The summed E-state index contributed by atoms with van der Waals surface area (Å²) in [6, 6.07) is 9.95. The number of nitrogens with zero attached hydrogens (tertiary/aromatic N) is 4. The first-order chi connectivity index (χ1) is 15.6. The molecule has 4 rings (SSSR count). The van der Waals surface area contributed by atoms with Crippen molar-refractivity contribution >= 4 is 16.9 Å². The summed E-state index contributed by atoms with van der Waals surface area (Å²) >= 11 is 0. The molecule has 0 aliphatic carbocycles. The van der Waals surface area contributed by atoms with E-state index in [0.29, 0.717) is 25.3 Å². The minimum Gasteiger partial charge on any atom is -0.481 e. The van der Waals surface area contributed by atoms with Crippen LogP contribution in [0.15, 0.2) is 30.3 Å². The number of hydrogen-bond donors (Lipinski definition) is 1. The van der Waals surface area contributed by atoms with Gasteiger partial charge in [-0.15, -0.1) is 0 Å². The van der Waals surface area contributed by atoms with Crippen LogP contribution in [0.2, 0.25) is 0 Å². The van der Waals surface area contributed by atoms with E-state index in [4.69, 9.17) is 19.6 Å². The van der Waals surface area contributed by atoms with Crippen molar-refractivity contribution < 1.29 is 14.3 Å². The summed E-state index contributed by atoms with van der Waals surface area (Å²) in [5.41, 5.74) is 4.65. The molecule has 32 heavy (non-hydrogen) atoms. The van der Waals surface area contributed by atoms with Gasteiger partial charge in [-0.1, -0.05) is 18.2 Å². The molecule has 8 heteroatoms. The predicted molar refractivity (Wildman–Crippen MR) is 123 cm³/mol. The van der Waals surface area contributed by atoms with Crippen molar-refractivity contribution in [3.8, 4) is 11.6 Å². The lowest BCUT2D eigenvalue weighted by molar-refractivity contribution is -0.121. The predicted octanol–water partition coefficient (Wildman–Crippen LogP) is 2.43. The van der Waals surface area contributed by atoms with Gasteiger partial charge in [-0.25, -0.2) is 4.68 Å². The van der Waals surface area contributed by atoms with Gasteiger partial charge in [0.05, 0.1) is 31.7 Å². The second-order valence-electron chi connectivity index (χ2n) is 8.06. The van der Waals surface area contributed by atoms with Crippen LogP contribution in [-0.4, -0.2) is 72.1 Å². The Morgan fingerprint density at radius 1 is 1.19 bits per heavy atom. The van der Waals surface area contributed by atoms with Crippen molar-refractivity contribution in [1.29, 1.82) is 0 Å².